The Balaban J connectivity index is 1.68. The first-order valence-electron chi connectivity index (χ1n) is 11.1. The van der Waals surface area contributed by atoms with Gasteiger partial charge in [-0.25, -0.2) is 13.2 Å². The number of hydrogen-bond acceptors (Lipinski definition) is 6. The van der Waals surface area contributed by atoms with E-state index in [1.807, 2.05) is 6.92 Å². The highest BCUT2D eigenvalue weighted by molar-refractivity contribution is 9.10. The molecule has 0 atom stereocenters. The summed E-state index contributed by atoms with van der Waals surface area (Å²) in [6.45, 7) is 1.41. The van der Waals surface area contributed by atoms with Gasteiger partial charge in [-0.3, -0.25) is 9.10 Å². The topological polar surface area (TPSA) is 92.8 Å². The molecule has 0 bridgehead atoms. The second kappa shape index (κ2) is 10.5. The van der Waals surface area contributed by atoms with E-state index in [1.54, 1.807) is 36.4 Å². The van der Waals surface area contributed by atoms with E-state index >= 15 is 0 Å². The number of hydrogen-bond donors (Lipinski definition) is 1. The number of rotatable bonds is 7. The molecule has 35 heavy (non-hydrogen) atoms. The molecule has 2 aromatic carbocycles. The highest BCUT2D eigenvalue weighted by Crippen LogP contribution is 2.38. The number of amides is 1. The Kier molecular flexibility index (Phi) is 7.63. The van der Waals surface area contributed by atoms with Crippen molar-refractivity contribution in [3.8, 4) is 0 Å². The third kappa shape index (κ3) is 5.44. The first-order chi connectivity index (χ1) is 16.7. The van der Waals surface area contributed by atoms with E-state index in [9.17, 15) is 18.0 Å². The number of aryl methyl sites for hydroxylation is 2. The predicted molar refractivity (Wildman–Crippen MR) is 141 cm³/mol. The average molecular weight is 578 g/mol. The van der Waals surface area contributed by atoms with Crippen molar-refractivity contribution in [1.29, 1.82) is 0 Å². The summed E-state index contributed by atoms with van der Waals surface area (Å²) in [6, 6.07) is 13.2. The van der Waals surface area contributed by atoms with Crippen molar-refractivity contribution in [2.24, 2.45) is 0 Å². The molecule has 4 rings (SSSR count). The number of thiophene rings is 1. The van der Waals surface area contributed by atoms with Crippen LogP contribution in [0.2, 0.25) is 0 Å². The highest BCUT2D eigenvalue weighted by atomic mass is 79.9. The van der Waals surface area contributed by atoms with Gasteiger partial charge in [-0.1, -0.05) is 39.7 Å². The van der Waals surface area contributed by atoms with E-state index in [2.05, 4.69) is 21.2 Å². The maximum Gasteiger partial charge on any atom is 0.341 e. The number of nitrogens with one attached hydrogen (secondary N) is 1. The maximum atomic E-state index is 13.6. The van der Waals surface area contributed by atoms with E-state index in [-0.39, 0.29) is 4.90 Å². The zero-order valence-corrected chi connectivity index (χ0v) is 22.6. The van der Waals surface area contributed by atoms with Gasteiger partial charge in [0.1, 0.15) is 11.5 Å². The zero-order valence-electron chi connectivity index (χ0n) is 19.3. The van der Waals surface area contributed by atoms with Crippen LogP contribution in [0.5, 0.6) is 0 Å². The Morgan fingerprint density at radius 2 is 1.83 bits per heavy atom. The minimum Gasteiger partial charge on any atom is -0.465 e. The van der Waals surface area contributed by atoms with Gasteiger partial charge in [0.25, 0.3) is 10.0 Å². The fourth-order valence-corrected chi connectivity index (χ4v) is 7.15. The Morgan fingerprint density at radius 3 is 2.51 bits per heavy atom. The number of halogens is 1. The van der Waals surface area contributed by atoms with Gasteiger partial charge in [0, 0.05) is 9.35 Å². The number of nitrogens with zero attached hydrogens (tertiary/aromatic N) is 1. The molecule has 1 heterocycles. The number of carbonyl (C=O) groups excluding carboxylic acids is 2. The van der Waals surface area contributed by atoms with E-state index in [0.29, 0.717) is 20.7 Å². The van der Waals surface area contributed by atoms with Crippen LogP contribution in [0, 0.1) is 6.92 Å². The van der Waals surface area contributed by atoms with Gasteiger partial charge in [-0.05, 0) is 68.5 Å². The monoisotopic (exact) mass is 576 g/mol. The van der Waals surface area contributed by atoms with Crippen LogP contribution in [0.25, 0.3) is 0 Å². The molecule has 0 radical (unpaired) electrons. The first-order valence-corrected chi connectivity index (χ1v) is 14.1. The van der Waals surface area contributed by atoms with Gasteiger partial charge in [0.2, 0.25) is 5.91 Å². The maximum absolute atomic E-state index is 13.6. The summed E-state index contributed by atoms with van der Waals surface area (Å²) in [6.07, 6.45) is 3.57. The van der Waals surface area contributed by atoms with Crippen LogP contribution in [0.1, 0.15) is 39.2 Å². The number of carbonyl (C=O) groups is 2. The molecule has 1 aliphatic rings. The summed E-state index contributed by atoms with van der Waals surface area (Å²) < 4.78 is 33.9. The fraction of sp³-hybridized carbons (Fsp3) is 0.280. The van der Waals surface area contributed by atoms with Gasteiger partial charge >= 0.3 is 5.97 Å². The van der Waals surface area contributed by atoms with Crippen LogP contribution in [0.3, 0.4) is 0 Å². The summed E-state index contributed by atoms with van der Waals surface area (Å²) in [5.41, 5.74) is 2.55. The molecular formula is C25H25BrN2O5S2. The second-order valence-electron chi connectivity index (χ2n) is 8.26. The Hall–Kier alpha value is -2.69. The van der Waals surface area contributed by atoms with Crippen LogP contribution < -0.4 is 9.62 Å². The minimum atomic E-state index is -4.04. The second-order valence-corrected chi connectivity index (χ2v) is 12.1. The fourth-order valence-electron chi connectivity index (χ4n) is 4.05. The SMILES string of the molecule is COC(=O)c1c(NC(=O)CN(c2cccc(Br)c2)S(=O)(=O)c2ccc(C)cc2)sc2c1CCCC2. The average Bonchev–Trinajstić information content (AvgIpc) is 3.20. The summed E-state index contributed by atoms with van der Waals surface area (Å²) in [4.78, 5) is 26.9. The van der Waals surface area contributed by atoms with E-state index in [1.165, 1.54) is 30.6 Å². The molecule has 0 saturated heterocycles. The van der Waals surface area contributed by atoms with Crippen LogP contribution in [-0.4, -0.2) is 33.9 Å². The zero-order chi connectivity index (χ0) is 25.2. The lowest BCUT2D eigenvalue weighted by Gasteiger charge is -2.24. The molecule has 0 fully saturated rings. The van der Waals surface area contributed by atoms with Crippen molar-refractivity contribution in [2.45, 2.75) is 37.5 Å². The molecule has 0 saturated carbocycles. The van der Waals surface area contributed by atoms with Gasteiger partial charge in [0.05, 0.1) is 23.3 Å². The Morgan fingerprint density at radius 1 is 1.11 bits per heavy atom. The standard InChI is InChI=1S/C25H25BrN2O5S2/c1-16-10-12-19(13-11-16)35(31,32)28(18-7-5-6-17(26)14-18)15-22(29)27-24-23(25(30)33-2)20-8-3-4-9-21(20)34-24/h5-7,10-14H,3-4,8-9,15H2,1-2H3,(H,27,29). The molecule has 1 aliphatic carbocycles. The van der Waals surface area contributed by atoms with Crippen molar-refractivity contribution in [2.75, 3.05) is 23.3 Å². The van der Waals surface area contributed by atoms with Crippen molar-refractivity contribution in [3.63, 3.8) is 0 Å². The van der Waals surface area contributed by atoms with E-state index < -0.39 is 28.4 Å². The number of fused-ring (bicyclic) bond motifs is 1. The smallest absolute Gasteiger partial charge is 0.341 e. The van der Waals surface area contributed by atoms with Crippen molar-refractivity contribution in [1.82, 2.24) is 0 Å². The lowest BCUT2D eigenvalue weighted by molar-refractivity contribution is -0.114. The van der Waals surface area contributed by atoms with Crippen LogP contribution in [0.15, 0.2) is 57.9 Å². The molecule has 7 nitrogen and oxygen atoms in total. The van der Waals surface area contributed by atoms with Crippen molar-refractivity contribution < 1.29 is 22.7 Å². The molecular weight excluding hydrogens is 552 g/mol. The van der Waals surface area contributed by atoms with Crippen molar-refractivity contribution >= 4 is 59.9 Å². The number of ether oxygens (including phenoxy) is 1. The molecule has 184 valence electrons. The first kappa shape index (κ1) is 25.4. The van der Waals surface area contributed by atoms with Crippen LogP contribution in [0.4, 0.5) is 10.7 Å². The number of methoxy groups -OCH3 is 1. The summed E-state index contributed by atoms with van der Waals surface area (Å²) in [5.74, 6) is -1.06. The van der Waals surface area contributed by atoms with Crippen molar-refractivity contribution in [3.05, 3.63) is 74.6 Å². The molecule has 0 spiro atoms. The lowest BCUT2D eigenvalue weighted by Crippen LogP contribution is -2.38. The van der Waals surface area contributed by atoms with Crippen LogP contribution in [-0.2, 0) is 32.4 Å². The molecule has 10 heteroatoms. The Bertz CT molecular complexity index is 1370. The molecule has 1 amide bonds. The molecule has 0 aliphatic heterocycles. The Labute approximate surface area is 217 Å². The minimum absolute atomic E-state index is 0.0812. The highest BCUT2D eigenvalue weighted by Gasteiger charge is 2.30. The third-order valence-corrected chi connectivity index (χ3v) is 9.29. The number of anilines is 2. The number of benzene rings is 2. The summed E-state index contributed by atoms with van der Waals surface area (Å²) in [5, 5.41) is 3.19. The van der Waals surface area contributed by atoms with Gasteiger partial charge in [-0.2, -0.15) is 0 Å². The van der Waals surface area contributed by atoms with Gasteiger partial charge in [0.15, 0.2) is 0 Å². The normalized spacial score (nSPS) is 13.1. The summed E-state index contributed by atoms with van der Waals surface area (Å²) in [7, 11) is -2.74. The number of sulfonamides is 1. The third-order valence-electron chi connectivity index (χ3n) is 5.81. The van der Waals surface area contributed by atoms with E-state index in [0.717, 1.165) is 46.0 Å². The largest absolute Gasteiger partial charge is 0.465 e. The predicted octanol–water partition coefficient (Wildman–Crippen LogP) is 5.32. The quantitative estimate of drug-likeness (QED) is 0.384. The van der Waals surface area contributed by atoms with Gasteiger partial charge in [-0.15, -0.1) is 11.3 Å². The summed E-state index contributed by atoms with van der Waals surface area (Å²) >= 11 is 4.73. The van der Waals surface area contributed by atoms with Crippen LogP contribution >= 0.6 is 27.3 Å². The molecule has 1 aromatic heterocycles. The molecule has 0 unspecified atom stereocenters. The number of esters is 1. The van der Waals surface area contributed by atoms with Gasteiger partial charge < -0.3 is 10.1 Å². The van der Waals surface area contributed by atoms with E-state index in [4.69, 9.17) is 4.74 Å². The molecule has 3 aromatic rings. The molecule has 1 N–H and O–H groups in total. The lowest BCUT2D eigenvalue weighted by atomic mass is 9.95.